The van der Waals surface area contributed by atoms with Crippen LogP contribution in [-0.4, -0.2) is 9.55 Å². The molecule has 0 amide bonds. The molecule has 1 aliphatic rings. The van der Waals surface area contributed by atoms with Gasteiger partial charge < -0.3 is 10.3 Å². The molecule has 3 nitrogen and oxygen atoms in total. The van der Waals surface area contributed by atoms with Crippen LogP contribution in [0.15, 0.2) is 18.2 Å². The minimum atomic E-state index is -4.66. The van der Waals surface area contributed by atoms with Gasteiger partial charge in [0.15, 0.2) is 0 Å². The molecule has 0 fully saturated rings. The number of nitrogens with two attached hydrogens (primary N) is 1. The molecule has 0 saturated heterocycles. The van der Waals surface area contributed by atoms with Gasteiger partial charge in [-0.15, -0.1) is 0 Å². The lowest BCUT2D eigenvalue weighted by Crippen LogP contribution is -2.12. The van der Waals surface area contributed by atoms with Crippen LogP contribution in [0.1, 0.15) is 24.2 Å². The Hall–Kier alpha value is -2.05. The predicted octanol–water partition coefficient (Wildman–Crippen LogP) is 3.63. The fourth-order valence-electron chi connectivity index (χ4n) is 2.66. The Balaban J connectivity index is 2.19. The highest BCUT2D eigenvalue weighted by atomic mass is 19.4. The average Bonchev–Trinajstić information content (AvgIpc) is 2.76. The zero-order valence-electron chi connectivity index (χ0n) is 11.0. The van der Waals surface area contributed by atoms with E-state index >= 15 is 0 Å². The lowest BCUT2D eigenvalue weighted by atomic mass is 10.0. The highest BCUT2D eigenvalue weighted by molar-refractivity contribution is 5.74. The fourth-order valence-corrected chi connectivity index (χ4v) is 2.66. The zero-order chi connectivity index (χ0) is 15.2. The van der Waals surface area contributed by atoms with Crippen molar-refractivity contribution < 1.29 is 17.6 Å². The Morgan fingerprint density at radius 1 is 1.19 bits per heavy atom. The molecule has 0 spiro atoms. The minimum Gasteiger partial charge on any atom is -0.383 e. The van der Waals surface area contributed by atoms with E-state index in [0.717, 1.165) is 25.0 Å². The molecule has 7 heteroatoms. The summed E-state index contributed by atoms with van der Waals surface area (Å²) < 4.78 is 54.2. The van der Waals surface area contributed by atoms with Crippen LogP contribution in [0.25, 0.3) is 11.3 Å². The summed E-state index contributed by atoms with van der Waals surface area (Å²) in [6.45, 7) is 0.650. The maximum absolute atomic E-state index is 13.2. The van der Waals surface area contributed by atoms with Gasteiger partial charge in [0.05, 0.1) is 5.56 Å². The number of alkyl halides is 3. The first-order valence-corrected chi connectivity index (χ1v) is 6.60. The van der Waals surface area contributed by atoms with Crippen LogP contribution < -0.4 is 5.73 Å². The van der Waals surface area contributed by atoms with Crippen molar-refractivity contribution in [3.05, 3.63) is 35.4 Å². The van der Waals surface area contributed by atoms with Crippen LogP contribution in [-0.2, 0) is 19.1 Å². The Morgan fingerprint density at radius 2 is 1.95 bits per heavy atom. The second-order valence-corrected chi connectivity index (χ2v) is 5.06. The smallest absolute Gasteiger partial charge is 0.383 e. The van der Waals surface area contributed by atoms with Crippen molar-refractivity contribution in [3.63, 3.8) is 0 Å². The van der Waals surface area contributed by atoms with Gasteiger partial charge in [0.1, 0.15) is 23.2 Å². The van der Waals surface area contributed by atoms with Gasteiger partial charge in [-0.3, -0.25) is 0 Å². The Kier molecular flexibility index (Phi) is 3.15. The number of benzene rings is 1. The summed E-state index contributed by atoms with van der Waals surface area (Å²) in [4.78, 5) is 4.24. The van der Waals surface area contributed by atoms with Gasteiger partial charge in [0.25, 0.3) is 0 Å². The highest BCUT2D eigenvalue weighted by Gasteiger charge is 2.35. The Morgan fingerprint density at radius 3 is 2.62 bits per heavy atom. The number of aromatic nitrogens is 2. The molecule has 2 N–H and O–H groups in total. The van der Waals surface area contributed by atoms with Crippen LogP contribution in [0, 0.1) is 5.82 Å². The number of nitrogens with zero attached hydrogens (tertiary/aromatic N) is 2. The summed E-state index contributed by atoms with van der Waals surface area (Å²) in [6, 6.07) is 2.55. The van der Waals surface area contributed by atoms with Gasteiger partial charge in [-0.2, -0.15) is 13.2 Å². The third kappa shape index (κ3) is 2.36. The molecule has 0 aliphatic carbocycles. The highest BCUT2D eigenvalue weighted by Crippen LogP contribution is 2.39. The summed E-state index contributed by atoms with van der Waals surface area (Å²) in [5.41, 5.74) is 4.80. The molecule has 2 heterocycles. The molecule has 1 aromatic heterocycles. The van der Waals surface area contributed by atoms with E-state index in [0.29, 0.717) is 24.9 Å². The first-order valence-electron chi connectivity index (χ1n) is 6.60. The molecule has 1 aromatic carbocycles. The van der Waals surface area contributed by atoms with Crippen molar-refractivity contribution >= 4 is 5.82 Å². The van der Waals surface area contributed by atoms with Crippen LogP contribution in [0.5, 0.6) is 0 Å². The lowest BCUT2D eigenvalue weighted by Gasteiger charge is -2.14. The average molecular weight is 299 g/mol. The second kappa shape index (κ2) is 4.75. The van der Waals surface area contributed by atoms with E-state index in [4.69, 9.17) is 5.73 Å². The molecule has 0 bridgehead atoms. The summed E-state index contributed by atoms with van der Waals surface area (Å²) in [6.07, 6.45) is -2.12. The maximum Gasteiger partial charge on any atom is 0.417 e. The molecule has 21 heavy (non-hydrogen) atoms. The molecule has 2 aromatic rings. The number of nitrogen functional groups attached to an aromatic ring is 1. The van der Waals surface area contributed by atoms with Gasteiger partial charge in [0, 0.05) is 18.5 Å². The molecular formula is C14H13F4N3. The van der Waals surface area contributed by atoms with Gasteiger partial charge >= 0.3 is 6.18 Å². The summed E-state index contributed by atoms with van der Waals surface area (Å²) in [5.74, 6) is -0.0402. The van der Waals surface area contributed by atoms with Crippen molar-refractivity contribution in [2.45, 2.75) is 32.0 Å². The largest absolute Gasteiger partial charge is 0.417 e. The number of hydrogen-bond acceptors (Lipinski definition) is 2. The third-order valence-corrected chi connectivity index (χ3v) is 3.66. The zero-order valence-corrected chi connectivity index (χ0v) is 11.0. The quantitative estimate of drug-likeness (QED) is 0.817. The molecule has 1 aliphatic heterocycles. The van der Waals surface area contributed by atoms with Crippen LogP contribution >= 0.6 is 0 Å². The number of anilines is 1. The molecule has 0 unspecified atom stereocenters. The van der Waals surface area contributed by atoms with Crippen molar-refractivity contribution in [1.82, 2.24) is 9.55 Å². The number of fused-ring (bicyclic) bond motifs is 1. The van der Waals surface area contributed by atoms with E-state index in [-0.39, 0.29) is 17.1 Å². The summed E-state index contributed by atoms with van der Waals surface area (Å²) >= 11 is 0. The van der Waals surface area contributed by atoms with Crippen LogP contribution in [0.4, 0.5) is 23.4 Å². The molecule has 0 radical (unpaired) electrons. The van der Waals surface area contributed by atoms with Crippen molar-refractivity contribution in [3.8, 4) is 11.3 Å². The van der Waals surface area contributed by atoms with Crippen molar-refractivity contribution in [2.75, 3.05) is 5.73 Å². The van der Waals surface area contributed by atoms with Gasteiger partial charge in [-0.25, -0.2) is 9.37 Å². The lowest BCUT2D eigenvalue weighted by molar-refractivity contribution is -0.137. The van der Waals surface area contributed by atoms with Gasteiger partial charge in [0.2, 0.25) is 0 Å². The maximum atomic E-state index is 13.2. The number of hydrogen-bond donors (Lipinski definition) is 1. The topological polar surface area (TPSA) is 43.8 Å². The number of imidazole rings is 1. The van der Waals surface area contributed by atoms with Gasteiger partial charge in [-0.1, -0.05) is 0 Å². The van der Waals surface area contributed by atoms with E-state index < -0.39 is 17.6 Å². The van der Waals surface area contributed by atoms with Crippen molar-refractivity contribution in [1.29, 1.82) is 0 Å². The molecule has 0 atom stereocenters. The van der Waals surface area contributed by atoms with E-state index in [9.17, 15) is 17.6 Å². The standard InChI is InChI=1S/C14H13F4N3/c15-8-4-5-9(10(7-8)14(16,17)18)12-13(19)21-6-2-1-3-11(21)20-12/h4-5,7H,1-3,6,19H2. The van der Waals surface area contributed by atoms with Crippen LogP contribution in [0.2, 0.25) is 0 Å². The molecule has 112 valence electrons. The summed E-state index contributed by atoms with van der Waals surface area (Å²) in [5, 5.41) is 0. The molecular weight excluding hydrogens is 286 g/mol. The third-order valence-electron chi connectivity index (χ3n) is 3.66. The number of rotatable bonds is 1. The monoisotopic (exact) mass is 299 g/mol. The fraction of sp³-hybridized carbons (Fsp3) is 0.357. The number of halogens is 4. The Labute approximate surface area is 118 Å². The van der Waals surface area contributed by atoms with Crippen LogP contribution in [0.3, 0.4) is 0 Å². The first kappa shape index (κ1) is 13.9. The second-order valence-electron chi connectivity index (χ2n) is 5.06. The van der Waals surface area contributed by atoms with Gasteiger partial charge in [-0.05, 0) is 31.0 Å². The van der Waals surface area contributed by atoms with Crippen molar-refractivity contribution in [2.24, 2.45) is 0 Å². The SMILES string of the molecule is Nc1c(-c2ccc(F)cc2C(F)(F)F)nc2n1CCCC2. The number of aryl methyl sites for hydroxylation is 1. The van der Waals surface area contributed by atoms with E-state index in [1.54, 1.807) is 4.57 Å². The normalized spacial score (nSPS) is 15.0. The van der Waals surface area contributed by atoms with E-state index in [1.165, 1.54) is 0 Å². The molecule has 0 saturated carbocycles. The minimum absolute atomic E-state index is 0.0826. The predicted molar refractivity (Wildman–Crippen MR) is 70.0 cm³/mol. The molecule has 3 rings (SSSR count). The first-order chi connectivity index (χ1) is 9.88. The van der Waals surface area contributed by atoms with E-state index in [1.807, 2.05) is 0 Å². The van der Waals surface area contributed by atoms with E-state index in [2.05, 4.69) is 4.98 Å². The summed E-state index contributed by atoms with van der Waals surface area (Å²) in [7, 11) is 0. The Bertz CT molecular complexity index is 688.